The third-order valence-electron chi connectivity index (χ3n) is 3.19. The summed E-state index contributed by atoms with van der Waals surface area (Å²) in [7, 11) is 0. The van der Waals surface area contributed by atoms with E-state index in [1.807, 2.05) is 33.9 Å². The van der Waals surface area contributed by atoms with Crippen molar-refractivity contribution in [2.75, 3.05) is 0 Å². The van der Waals surface area contributed by atoms with Crippen molar-refractivity contribution in [1.82, 2.24) is 14.9 Å². The van der Waals surface area contributed by atoms with Crippen molar-refractivity contribution in [3.05, 3.63) is 18.2 Å². The van der Waals surface area contributed by atoms with Gasteiger partial charge in [0.05, 0.1) is 5.54 Å². The molecule has 1 amide bonds. The fraction of sp³-hybridized carbons (Fsp3) is 0.692. The number of aromatic nitrogens is 2. The topological polar surface area (TPSA) is 72.9 Å². The van der Waals surface area contributed by atoms with Crippen LogP contribution in [0.5, 0.6) is 0 Å². The minimum Gasteiger partial charge on any atom is -0.368 e. The number of rotatable bonds is 6. The molecule has 0 fully saturated rings. The van der Waals surface area contributed by atoms with Crippen LogP contribution in [0.25, 0.3) is 0 Å². The number of nitrogens with zero attached hydrogens (tertiary/aromatic N) is 2. The van der Waals surface area contributed by atoms with Crippen LogP contribution in [0.2, 0.25) is 0 Å². The molecular formula is C13H24N4O. The fourth-order valence-electron chi connectivity index (χ4n) is 2.41. The predicted molar refractivity (Wildman–Crippen MR) is 72.2 cm³/mol. The van der Waals surface area contributed by atoms with E-state index in [0.29, 0.717) is 6.42 Å². The molecule has 2 atom stereocenters. The zero-order valence-electron chi connectivity index (χ0n) is 11.9. The van der Waals surface area contributed by atoms with E-state index >= 15 is 0 Å². The normalized spacial score (nSPS) is 16.6. The number of imidazole rings is 1. The lowest BCUT2D eigenvalue weighted by molar-refractivity contribution is -0.124. The number of aryl methyl sites for hydroxylation is 1. The van der Waals surface area contributed by atoms with Crippen molar-refractivity contribution in [1.29, 1.82) is 0 Å². The number of carbonyl (C=O) groups excluding carboxylic acids is 1. The van der Waals surface area contributed by atoms with Crippen LogP contribution in [0, 0.1) is 6.92 Å². The summed E-state index contributed by atoms with van der Waals surface area (Å²) in [6.07, 6.45) is 4.33. The van der Waals surface area contributed by atoms with Crippen LogP contribution in [0.3, 0.4) is 0 Å². The van der Waals surface area contributed by atoms with Gasteiger partial charge in [-0.25, -0.2) is 4.98 Å². The highest BCUT2D eigenvalue weighted by atomic mass is 16.1. The molecule has 0 radical (unpaired) electrons. The number of primary amides is 1. The van der Waals surface area contributed by atoms with E-state index in [1.54, 1.807) is 6.20 Å². The van der Waals surface area contributed by atoms with Crippen molar-refractivity contribution in [2.24, 2.45) is 5.73 Å². The molecule has 0 aliphatic rings. The first-order valence-corrected chi connectivity index (χ1v) is 6.33. The van der Waals surface area contributed by atoms with Gasteiger partial charge >= 0.3 is 0 Å². The molecule has 2 unspecified atom stereocenters. The van der Waals surface area contributed by atoms with Crippen molar-refractivity contribution in [3.63, 3.8) is 0 Å². The summed E-state index contributed by atoms with van der Waals surface area (Å²) in [6, 6.07) is 0.370. The van der Waals surface area contributed by atoms with E-state index in [0.717, 1.165) is 5.82 Å². The molecule has 0 aliphatic heterocycles. The maximum atomic E-state index is 11.7. The van der Waals surface area contributed by atoms with Gasteiger partial charge in [-0.2, -0.15) is 0 Å². The highest BCUT2D eigenvalue weighted by molar-refractivity contribution is 5.84. The number of amides is 1. The Morgan fingerprint density at radius 1 is 1.56 bits per heavy atom. The van der Waals surface area contributed by atoms with E-state index in [1.165, 1.54) is 0 Å². The minimum atomic E-state index is -0.704. The molecule has 0 saturated heterocycles. The Labute approximate surface area is 109 Å². The predicted octanol–water partition coefficient (Wildman–Crippen LogP) is 1.38. The summed E-state index contributed by atoms with van der Waals surface area (Å²) < 4.78 is 2.06. The van der Waals surface area contributed by atoms with Crippen LogP contribution in [-0.2, 0) is 4.79 Å². The summed E-state index contributed by atoms with van der Waals surface area (Å²) in [5.41, 5.74) is 4.83. The van der Waals surface area contributed by atoms with Gasteiger partial charge in [-0.05, 0) is 41.0 Å². The maximum Gasteiger partial charge on any atom is 0.237 e. The monoisotopic (exact) mass is 252 g/mol. The van der Waals surface area contributed by atoms with Gasteiger partial charge in [0.15, 0.2) is 0 Å². The van der Waals surface area contributed by atoms with Crippen molar-refractivity contribution in [3.8, 4) is 0 Å². The molecule has 0 bridgehead atoms. The quantitative estimate of drug-likeness (QED) is 0.803. The summed E-state index contributed by atoms with van der Waals surface area (Å²) in [5.74, 6) is 0.625. The lowest BCUT2D eigenvalue weighted by Crippen LogP contribution is -2.56. The molecule has 0 aromatic carbocycles. The molecular weight excluding hydrogens is 228 g/mol. The summed E-state index contributed by atoms with van der Waals surface area (Å²) in [6.45, 7) is 9.90. The number of hydrogen-bond acceptors (Lipinski definition) is 3. The molecule has 1 aromatic rings. The molecule has 18 heavy (non-hydrogen) atoms. The summed E-state index contributed by atoms with van der Waals surface area (Å²) in [4.78, 5) is 15.9. The zero-order valence-corrected chi connectivity index (χ0v) is 11.9. The Morgan fingerprint density at radius 3 is 2.56 bits per heavy atom. The summed E-state index contributed by atoms with van der Waals surface area (Å²) >= 11 is 0. The van der Waals surface area contributed by atoms with Crippen molar-refractivity contribution >= 4 is 5.91 Å². The molecule has 0 aliphatic carbocycles. The van der Waals surface area contributed by atoms with E-state index in [4.69, 9.17) is 5.73 Å². The maximum absolute atomic E-state index is 11.7. The Bertz CT molecular complexity index is 413. The number of nitrogens with two attached hydrogens (primary N) is 1. The number of nitrogens with one attached hydrogen (secondary N) is 1. The molecule has 3 N–H and O–H groups in total. The molecule has 5 nitrogen and oxygen atoms in total. The van der Waals surface area contributed by atoms with Gasteiger partial charge in [-0.3, -0.25) is 4.79 Å². The van der Waals surface area contributed by atoms with Crippen LogP contribution in [0.15, 0.2) is 12.4 Å². The molecule has 1 heterocycles. The molecule has 0 saturated carbocycles. The first-order chi connectivity index (χ1) is 8.26. The lowest BCUT2D eigenvalue weighted by atomic mass is 9.91. The molecule has 0 spiro atoms. The van der Waals surface area contributed by atoms with Gasteiger partial charge in [-0.1, -0.05) is 0 Å². The van der Waals surface area contributed by atoms with Crippen molar-refractivity contribution < 1.29 is 4.79 Å². The third kappa shape index (κ3) is 3.32. The van der Waals surface area contributed by atoms with Gasteiger partial charge in [0.1, 0.15) is 5.82 Å². The molecule has 102 valence electrons. The second-order valence-electron chi connectivity index (χ2n) is 5.43. The van der Waals surface area contributed by atoms with Crippen LogP contribution < -0.4 is 11.1 Å². The van der Waals surface area contributed by atoms with Gasteiger partial charge < -0.3 is 15.6 Å². The second-order valence-corrected chi connectivity index (χ2v) is 5.43. The first-order valence-electron chi connectivity index (χ1n) is 6.33. The summed E-state index contributed by atoms with van der Waals surface area (Å²) in [5, 5.41) is 3.26. The highest BCUT2D eigenvalue weighted by Gasteiger charge is 2.33. The largest absolute Gasteiger partial charge is 0.368 e. The number of carbonyl (C=O) groups is 1. The van der Waals surface area contributed by atoms with Gasteiger partial charge in [-0.15, -0.1) is 0 Å². The van der Waals surface area contributed by atoms with Gasteiger partial charge in [0.25, 0.3) is 0 Å². The Kier molecular flexibility index (Phi) is 4.51. The van der Waals surface area contributed by atoms with Crippen LogP contribution in [-0.4, -0.2) is 27.0 Å². The van der Waals surface area contributed by atoms with Crippen LogP contribution in [0.1, 0.15) is 46.0 Å². The Morgan fingerprint density at radius 2 is 2.17 bits per heavy atom. The van der Waals surface area contributed by atoms with E-state index in [2.05, 4.69) is 21.8 Å². The van der Waals surface area contributed by atoms with Crippen LogP contribution >= 0.6 is 0 Å². The van der Waals surface area contributed by atoms with Gasteiger partial charge in [0.2, 0.25) is 5.91 Å². The average Bonchev–Trinajstić information content (AvgIpc) is 2.62. The van der Waals surface area contributed by atoms with E-state index < -0.39 is 5.54 Å². The van der Waals surface area contributed by atoms with Gasteiger partial charge in [0, 0.05) is 24.5 Å². The minimum absolute atomic E-state index is 0.163. The highest BCUT2D eigenvalue weighted by Crippen LogP contribution is 2.22. The molecule has 5 heteroatoms. The third-order valence-corrected chi connectivity index (χ3v) is 3.19. The molecule has 1 rings (SSSR count). The molecule has 1 aromatic heterocycles. The number of hydrogen-bond donors (Lipinski definition) is 2. The SMILES string of the molecule is Cc1nccn1C(C)CC(C)(NC(C)C)C(N)=O. The standard InChI is InChI=1S/C13H24N4O/c1-9(2)16-13(5,12(14)18)8-10(3)17-7-6-15-11(17)4/h6-7,9-10,16H,8H2,1-5H3,(H2,14,18). The fourth-order valence-corrected chi connectivity index (χ4v) is 2.41. The Hall–Kier alpha value is -1.36. The second kappa shape index (κ2) is 5.52. The van der Waals surface area contributed by atoms with E-state index in [-0.39, 0.29) is 18.0 Å². The van der Waals surface area contributed by atoms with Crippen molar-refractivity contribution in [2.45, 2.75) is 58.7 Å². The lowest BCUT2D eigenvalue weighted by Gasteiger charge is -2.33. The Balaban J connectivity index is 2.85. The zero-order chi connectivity index (χ0) is 13.9. The van der Waals surface area contributed by atoms with E-state index in [9.17, 15) is 4.79 Å². The smallest absolute Gasteiger partial charge is 0.237 e. The van der Waals surface area contributed by atoms with Crippen LogP contribution in [0.4, 0.5) is 0 Å². The first kappa shape index (κ1) is 14.7. The average molecular weight is 252 g/mol.